The van der Waals surface area contributed by atoms with E-state index in [1.807, 2.05) is 49.4 Å². The number of benzene rings is 2. The lowest BCUT2D eigenvalue weighted by Crippen LogP contribution is -2.07. The molecule has 0 aliphatic heterocycles. The van der Waals surface area contributed by atoms with E-state index in [1.165, 1.54) is 0 Å². The molecule has 5 nitrogen and oxygen atoms in total. The number of aliphatic hydroxyl groups excluding tert-OH is 1. The van der Waals surface area contributed by atoms with Crippen molar-refractivity contribution in [2.45, 2.75) is 19.9 Å². The summed E-state index contributed by atoms with van der Waals surface area (Å²) in [6, 6.07) is 13.7. The van der Waals surface area contributed by atoms with Crippen LogP contribution < -0.4 is 10.5 Å². The molecule has 3 N–H and O–H groups in total. The first-order chi connectivity index (χ1) is 11.2. The van der Waals surface area contributed by atoms with Crippen LogP contribution in [-0.4, -0.2) is 27.9 Å². The molecule has 0 radical (unpaired) electrons. The van der Waals surface area contributed by atoms with Gasteiger partial charge in [-0.1, -0.05) is 12.1 Å². The molecule has 1 heterocycles. The number of ether oxygens (including phenoxy) is 1. The number of imidazole rings is 1. The molecule has 1 aromatic heterocycles. The Hall–Kier alpha value is -2.53. The molecule has 0 saturated carbocycles. The van der Waals surface area contributed by atoms with Gasteiger partial charge in [0.25, 0.3) is 0 Å². The van der Waals surface area contributed by atoms with Gasteiger partial charge in [-0.05, 0) is 36.8 Å². The second-order valence-corrected chi connectivity index (χ2v) is 5.41. The molecule has 0 bridgehead atoms. The highest BCUT2D eigenvalue weighted by Crippen LogP contribution is 2.23. The normalized spacial score (nSPS) is 11.0. The lowest BCUT2D eigenvalue weighted by molar-refractivity contribution is 0.276. The summed E-state index contributed by atoms with van der Waals surface area (Å²) in [5, 5.41) is 9.37. The van der Waals surface area contributed by atoms with Gasteiger partial charge in [0.15, 0.2) is 0 Å². The van der Waals surface area contributed by atoms with E-state index in [1.54, 1.807) is 0 Å². The zero-order valence-corrected chi connectivity index (χ0v) is 13.2. The Morgan fingerprint density at radius 3 is 2.65 bits per heavy atom. The van der Waals surface area contributed by atoms with Crippen LogP contribution in [0, 0.1) is 0 Å². The van der Waals surface area contributed by atoms with Crippen molar-refractivity contribution in [2.24, 2.45) is 0 Å². The SMILES string of the molecule is CCOc1ccc2c(c1)nc(Cc1ccc(N)cc1)n2CCO. The van der Waals surface area contributed by atoms with Crippen LogP contribution in [0.3, 0.4) is 0 Å². The number of fused-ring (bicyclic) bond motifs is 1. The number of hydrogen-bond acceptors (Lipinski definition) is 4. The van der Waals surface area contributed by atoms with E-state index in [2.05, 4.69) is 4.57 Å². The van der Waals surface area contributed by atoms with Crippen LogP contribution in [-0.2, 0) is 13.0 Å². The summed E-state index contributed by atoms with van der Waals surface area (Å²) >= 11 is 0. The summed E-state index contributed by atoms with van der Waals surface area (Å²) in [7, 11) is 0. The average Bonchev–Trinajstić information content (AvgIpc) is 2.87. The number of aliphatic hydroxyl groups is 1. The van der Waals surface area contributed by atoms with Crippen LogP contribution >= 0.6 is 0 Å². The lowest BCUT2D eigenvalue weighted by Gasteiger charge is -2.08. The molecule has 0 amide bonds. The van der Waals surface area contributed by atoms with Crippen LogP contribution in [0.25, 0.3) is 11.0 Å². The monoisotopic (exact) mass is 311 g/mol. The molecular weight excluding hydrogens is 290 g/mol. The predicted molar refractivity (Wildman–Crippen MR) is 91.6 cm³/mol. The summed E-state index contributed by atoms with van der Waals surface area (Å²) < 4.78 is 7.60. The minimum absolute atomic E-state index is 0.0768. The van der Waals surface area contributed by atoms with Gasteiger partial charge in [0.05, 0.1) is 24.2 Å². The molecule has 0 saturated heterocycles. The molecule has 23 heavy (non-hydrogen) atoms. The number of aromatic nitrogens is 2. The van der Waals surface area contributed by atoms with E-state index >= 15 is 0 Å². The Kier molecular flexibility index (Phi) is 4.48. The molecule has 0 aliphatic carbocycles. The van der Waals surface area contributed by atoms with Gasteiger partial charge in [-0.2, -0.15) is 0 Å². The number of hydrogen-bond donors (Lipinski definition) is 2. The third-order valence-corrected chi connectivity index (χ3v) is 3.78. The summed E-state index contributed by atoms with van der Waals surface area (Å²) in [4.78, 5) is 4.73. The molecule has 5 heteroatoms. The lowest BCUT2D eigenvalue weighted by atomic mass is 10.1. The fraction of sp³-hybridized carbons (Fsp3) is 0.278. The van der Waals surface area contributed by atoms with Crippen molar-refractivity contribution in [2.75, 3.05) is 18.9 Å². The van der Waals surface area contributed by atoms with E-state index in [4.69, 9.17) is 15.5 Å². The van der Waals surface area contributed by atoms with Crippen LogP contribution in [0.4, 0.5) is 5.69 Å². The van der Waals surface area contributed by atoms with Gasteiger partial charge in [-0.25, -0.2) is 4.98 Å². The topological polar surface area (TPSA) is 73.3 Å². The van der Waals surface area contributed by atoms with Gasteiger partial charge in [0.1, 0.15) is 11.6 Å². The van der Waals surface area contributed by atoms with Crippen molar-refractivity contribution in [3.8, 4) is 5.75 Å². The van der Waals surface area contributed by atoms with E-state index in [9.17, 15) is 5.11 Å². The highest BCUT2D eigenvalue weighted by molar-refractivity contribution is 5.78. The van der Waals surface area contributed by atoms with Crippen molar-refractivity contribution < 1.29 is 9.84 Å². The zero-order chi connectivity index (χ0) is 16.2. The number of nitrogen functional groups attached to an aromatic ring is 1. The molecule has 3 aromatic rings. The van der Waals surface area contributed by atoms with Gasteiger partial charge in [0, 0.05) is 24.7 Å². The number of nitrogens with zero attached hydrogens (tertiary/aromatic N) is 2. The first-order valence-electron chi connectivity index (χ1n) is 7.78. The maximum atomic E-state index is 9.37. The number of anilines is 1. The van der Waals surface area contributed by atoms with E-state index in [-0.39, 0.29) is 6.61 Å². The van der Waals surface area contributed by atoms with Crippen molar-refractivity contribution in [1.82, 2.24) is 9.55 Å². The largest absolute Gasteiger partial charge is 0.494 e. The molecule has 2 aromatic carbocycles. The first kappa shape index (κ1) is 15.4. The second-order valence-electron chi connectivity index (χ2n) is 5.41. The maximum Gasteiger partial charge on any atom is 0.121 e. The summed E-state index contributed by atoms with van der Waals surface area (Å²) in [6.07, 6.45) is 0.693. The van der Waals surface area contributed by atoms with Crippen molar-refractivity contribution in [1.29, 1.82) is 0 Å². The van der Waals surface area contributed by atoms with Crippen LogP contribution in [0.2, 0.25) is 0 Å². The molecule has 0 spiro atoms. The van der Waals surface area contributed by atoms with Crippen molar-refractivity contribution in [3.63, 3.8) is 0 Å². The predicted octanol–water partition coefficient (Wildman–Crippen LogP) is 2.60. The third-order valence-electron chi connectivity index (χ3n) is 3.78. The molecule has 0 unspecified atom stereocenters. The minimum atomic E-state index is 0.0768. The molecule has 3 rings (SSSR count). The Labute approximate surface area is 135 Å². The fourth-order valence-corrected chi connectivity index (χ4v) is 2.72. The first-order valence-corrected chi connectivity index (χ1v) is 7.78. The standard InChI is InChI=1S/C18H21N3O2/c1-2-23-15-7-8-17-16(12-15)20-18(21(17)9-10-22)11-13-3-5-14(19)6-4-13/h3-8,12,22H,2,9-11,19H2,1H3. The Morgan fingerprint density at radius 1 is 1.17 bits per heavy atom. The summed E-state index contributed by atoms with van der Waals surface area (Å²) in [5.74, 6) is 1.74. The number of rotatable bonds is 6. The quantitative estimate of drug-likeness (QED) is 0.686. The van der Waals surface area contributed by atoms with Gasteiger partial charge in [-0.15, -0.1) is 0 Å². The van der Waals surface area contributed by atoms with E-state index in [0.29, 0.717) is 19.6 Å². The molecular formula is C18H21N3O2. The molecule has 0 aliphatic rings. The highest BCUT2D eigenvalue weighted by atomic mass is 16.5. The van der Waals surface area contributed by atoms with E-state index in [0.717, 1.165) is 33.9 Å². The molecule has 0 fully saturated rings. The van der Waals surface area contributed by atoms with Crippen LogP contribution in [0.1, 0.15) is 18.3 Å². The van der Waals surface area contributed by atoms with E-state index < -0.39 is 0 Å². The minimum Gasteiger partial charge on any atom is -0.494 e. The van der Waals surface area contributed by atoms with Gasteiger partial charge >= 0.3 is 0 Å². The van der Waals surface area contributed by atoms with Crippen LogP contribution in [0.15, 0.2) is 42.5 Å². The number of nitrogens with two attached hydrogens (primary N) is 1. The summed E-state index contributed by atoms with van der Waals surface area (Å²) in [6.45, 7) is 3.18. The van der Waals surface area contributed by atoms with Crippen LogP contribution in [0.5, 0.6) is 5.75 Å². The second kappa shape index (κ2) is 6.71. The maximum absolute atomic E-state index is 9.37. The highest BCUT2D eigenvalue weighted by Gasteiger charge is 2.12. The van der Waals surface area contributed by atoms with Crippen molar-refractivity contribution >= 4 is 16.7 Å². The van der Waals surface area contributed by atoms with Gasteiger partial charge in [-0.3, -0.25) is 0 Å². The third kappa shape index (κ3) is 3.29. The summed E-state index contributed by atoms with van der Waals surface area (Å²) in [5.41, 5.74) is 9.51. The fourth-order valence-electron chi connectivity index (χ4n) is 2.72. The average molecular weight is 311 g/mol. The Morgan fingerprint density at radius 2 is 1.96 bits per heavy atom. The molecule has 120 valence electrons. The van der Waals surface area contributed by atoms with Gasteiger partial charge in [0.2, 0.25) is 0 Å². The Balaban J connectivity index is 2.00. The van der Waals surface area contributed by atoms with Crippen molar-refractivity contribution in [3.05, 3.63) is 53.9 Å². The molecule has 0 atom stereocenters. The zero-order valence-electron chi connectivity index (χ0n) is 13.2. The van der Waals surface area contributed by atoms with Gasteiger partial charge < -0.3 is 20.1 Å². The smallest absolute Gasteiger partial charge is 0.121 e. The Bertz CT molecular complexity index is 794.